The number of nitrogens with zero attached hydrogens (tertiary/aromatic N) is 4. The largest absolute Gasteiger partial charge is 0.493 e. The van der Waals surface area contributed by atoms with E-state index < -0.39 is 0 Å². The predicted molar refractivity (Wildman–Crippen MR) is 126 cm³/mol. The summed E-state index contributed by atoms with van der Waals surface area (Å²) in [4.78, 5) is 21.9. The Bertz CT molecular complexity index is 1280. The molecule has 0 unspecified atom stereocenters. The third kappa shape index (κ3) is 4.96. The van der Waals surface area contributed by atoms with Crippen LogP contribution in [0.4, 0.5) is 0 Å². The number of hydrogen-bond donors (Lipinski definition) is 0. The molecule has 32 heavy (non-hydrogen) atoms. The van der Waals surface area contributed by atoms with Crippen molar-refractivity contribution in [2.24, 2.45) is 0 Å². The van der Waals surface area contributed by atoms with Gasteiger partial charge in [0.15, 0.2) is 17.3 Å². The topological polar surface area (TPSA) is 78.6 Å². The first-order chi connectivity index (χ1) is 15.7. The van der Waals surface area contributed by atoms with E-state index in [1.54, 1.807) is 19.5 Å². The van der Waals surface area contributed by atoms with E-state index in [1.807, 2.05) is 36.4 Å². The van der Waals surface area contributed by atoms with Crippen LogP contribution in [-0.4, -0.2) is 33.3 Å². The van der Waals surface area contributed by atoms with Gasteiger partial charge in [-0.05, 0) is 42.3 Å². The number of unbranched alkanes of at least 4 members (excludes halogenated alkanes) is 4. The molecule has 0 aliphatic heterocycles. The molecule has 1 aromatic carbocycles. The molecule has 4 aromatic rings. The molecule has 0 spiro atoms. The Labute approximate surface area is 190 Å². The van der Waals surface area contributed by atoms with E-state index in [1.165, 1.54) is 41.5 Å². The Balaban J connectivity index is 1.52. The van der Waals surface area contributed by atoms with E-state index in [9.17, 15) is 4.79 Å². The van der Waals surface area contributed by atoms with E-state index in [-0.39, 0.29) is 5.56 Å². The van der Waals surface area contributed by atoms with E-state index in [0.717, 1.165) is 17.5 Å². The number of thiazole rings is 1. The number of benzene rings is 1. The zero-order chi connectivity index (χ0) is 22.3. The van der Waals surface area contributed by atoms with Crippen molar-refractivity contribution in [2.75, 3.05) is 13.7 Å². The van der Waals surface area contributed by atoms with Crippen LogP contribution in [0.2, 0.25) is 0 Å². The van der Waals surface area contributed by atoms with Gasteiger partial charge in [-0.2, -0.15) is 9.50 Å². The highest BCUT2D eigenvalue weighted by molar-refractivity contribution is 7.15. The summed E-state index contributed by atoms with van der Waals surface area (Å²) in [6.45, 7) is 2.88. The van der Waals surface area contributed by atoms with E-state index in [0.29, 0.717) is 33.4 Å². The van der Waals surface area contributed by atoms with Crippen molar-refractivity contribution >= 4 is 22.4 Å². The van der Waals surface area contributed by atoms with Crippen molar-refractivity contribution in [1.29, 1.82) is 0 Å². The lowest BCUT2D eigenvalue weighted by atomic mass is 10.1. The molecule has 3 aromatic heterocycles. The molecular formula is C24H26N4O3S. The third-order valence-corrected chi connectivity index (χ3v) is 6.07. The van der Waals surface area contributed by atoms with Crippen LogP contribution in [0.25, 0.3) is 22.4 Å². The lowest BCUT2D eigenvalue weighted by Crippen LogP contribution is -2.23. The Morgan fingerprint density at radius 3 is 2.62 bits per heavy atom. The van der Waals surface area contributed by atoms with Crippen LogP contribution >= 0.6 is 11.3 Å². The molecule has 166 valence electrons. The fourth-order valence-electron chi connectivity index (χ4n) is 3.39. The monoisotopic (exact) mass is 450 g/mol. The number of methoxy groups -OCH3 is 1. The SMILES string of the molecule is CCCCCCCOc1ccc(/C=c2\sc3nc(-c4ccncc4)nn3c2=O)cc1OC. The van der Waals surface area contributed by atoms with Gasteiger partial charge in [0.1, 0.15) is 0 Å². The van der Waals surface area contributed by atoms with Gasteiger partial charge >= 0.3 is 0 Å². The Hall–Kier alpha value is -3.26. The number of pyridine rings is 1. The first-order valence-corrected chi connectivity index (χ1v) is 11.6. The molecule has 0 bridgehead atoms. The zero-order valence-electron chi connectivity index (χ0n) is 18.3. The van der Waals surface area contributed by atoms with E-state index in [2.05, 4.69) is 22.0 Å². The van der Waals surface area contributed by atoms with Crippen molar-refractivity contribution < 1.29 is 9.47 Å². The summed E-state index contributed by atoms with van der Waals surface area (Å²) >= 11 is 1.31. The van der Waals surface area contributed by atoms with Gasteiger partial charge in [-0.15, -0.1) is 5.10 Å². The highest BCUT2D eigenvalue weighted by atomic mass is 32.1. The second kappa shape index (κ2) is 10.4. The van der Waals surface area contributed by atoms with Gasteiger partial charge < -0.3 is 9.47 Å². The summed E-state index contributed by atoms with van der Waals surface area (Å²) in [5.74, 6) is 1.88. The molecule has 0 fully saturated rings. The molecule has 3 heterocycles. The van der Waals surface area contributed by atoms with Crippen LogP contribution < -0.4 is 19.6 Å². The fourth-order valence-corrected chi connectivity index (χ4v) is 4.30. The lowest BCUT2D eigenvalue weighted by molar-refractivity contribution is 0.285. The molecule has 0 saturated heterocycles. The second-order valence-electron chi connectivity index (χ2n) is 7.45. The summed E-state index contributed by atoms with van der Waals surface area (Å²) in [6.07, 6.45) is 11.1. The number of hydrogen-bond acceptors (Lipinski definition) is 7. The molecule has 0 radical (unpaired) electrons. The maximum Gasteiger partial charge on any atom is 0.291 e. The summed E-state index contributed by atoms with van der Waals surface area (Å²) in [6, 6.07) is 9.33. The van der Waals surface area contributed by atoms with Crippen LogP contribution in [0.15, 0.2) is 47.5 Å². The normalized spacial score (nSPS) is 11.9. The number of aromatic nitrogens is 4. The van der Waals surface area contributed by atoms with E-state index >= 15 is 0 Å². The Morgan fingerprint density at radius 2 is 1.88 bits per heavy atom. The van der Waals surface area contributed by atoms with Gasteiger partial charge in [-0.3, -0.25) is 9.78 Å². The molecular weight excluding hydrogens is 424 g/mol. The van der Waals surface area contributed by atoms with E-state index in [4.69, 9.17) is 9.47 Å². The standard InChI is InChI=1S/C24H26N4O3S/c1-3-4-5-6-7-14-31-19-9-8-17(15-20(19)30-2)16-21-23(29)28-24(32-21)26-22(27-28)18-10-12-25-13-11-18/h8-13,15-16H,3-7,14H2,1-2H3/b21-16-. The van der Waals surface area contributed by atoms with Gasteiger partial charge in [-0.1, -0.05) is 50.0 Å². The van der Waals surface area contributed by atoms with Gasteiger partial charge in [0.25, 0.3) is 5.56 Å². The molecule has 4 rings (SSSR count). The highest BCUT2D eigenvalue weighted by Crippen LogP contribution is 2.28. The van der Waals surface area contributed by atoms with Crippen molar-refractivity contribution in [3.8, 4) is 22.9 Å². The maximum absolute atomic E-state index is 12.8. The Kier molecular flexibility index (Phi) is 7.11. The lowest BCUT2D eigenvalue weighted by Gasteiger charge is -2.11. The van der Waals surface area contributed by atoms with Crippen LogP contribution in [0, 0.1) is 0 Å². The molecule has 0 atom stereocenters. The smallest absolute Gasteiger partial charge is 0.291 e. The molecule has 8 heteroatoms. The summed E-state index contributed by atoms with van der Waals surface area (Å²) in [7, 11) is 1.62. The predicted octanol–water partition coefficient (Wildman–Crippen LogP) is 4.12. The van der Waals surface area contributed by atoms with Crippen LogP contribution in [0.5, 0.6) is 11.5 Å². The molecule has 0 aliphatic carbocycles. The third-order valence-electron chi connectivity index (χ3n) is 5.11. The number of rotatable bonds is 10. The van der Waals surface area contributed by atoms with Crippen molar-refractivity contribution in [3.63, 3.8) is 0 Å². The molecule has 7 nitrogen and oxygen atoms in total. The highest BCUT2D eigenvalue weighted by Gasteiger charge is 2.12. The zero-order valence-corrected chi connectivity index (χ0v) is 19.1. The van der Waals surface area contributed by atoms with Crippen molar-refractivity contribution in [1.82, 2.24) is 19.6 Å². The van der Waals surface area contributed by atoms with Crippen LogP contribution in [-0.2, 0) is 0 Å². The minimum Gasteiger partial charge on any atom is -0.493 e. The summed E-state index contributed by atoms with van der Waals surface area (Å²) < 4.78 is 13.3. The summed E-state index contributed by atoms with van der Waals surface area (Å²) in [5.41, 5.74) is 1.49. The number of ether oxygens (including phenoxy) is 2. The maximum atomic E-state index is 12.8. The fraction of sp³-hybridized carbons (Fsp3) is 0.333. The number of fused-ring (bicyclic) bond motifs is 1. The van der Waals surface area contributed by atoms with Crippen LogP contribution in [0.1, 0.15) is 44.6 Å². The second-order valence-corrected chi connectivity index (χ2v) is 8.46. The van der Waals surface area contributed by atoms with Gasteiger partial charge in [0.05, 0.1) is 18.2 Å². The van der Waals surface area contributed by atoms with Crippen molar-refractivity contribution in [3.05, 3.63) is 63.2 Å². The van der Waals surface area contributed by atoms with Crippen molar-refractivity contribution in [2.45, 2.75) is 39.0 Å². The van der Waals surface area contributed by atoms with Gasteiger partial charge in [0.2, 0.25) is 4.96 Å². The minimum absolute atomic E-state index is 0.191. The first-order valence-electron chi connectivity index (χ1n) is 10.8. The average molecular weight is 451 g/mol. The average Bonchev–Trinajstić information content (AvgIpc) is 3.36. The minimum atomic E-state index is -0.191. The molecule has 0 amide bonds. The quantitative estimate of drug-likeness (QED) is 0.338. The first kappa shape index (κ1) is 22.0. The molecule has 0 aliphatic rings. The Morgan fingerprint density at radius 1 is 1.06 bits per heavy atom. The summed E-state index contributed by atoms with van der Waals surface area (Å²) in [5, 5.41) is 4.36. The molecule has 0 N–H and O–H groups in total. The van der Waals surface area contributed by atoms with Gasteiger partial charge in [-0.25, -0.2) is 0 Å². The van der Waals surface area contributed by atoms with Crippen LogP contribution in [0.3, 0.4) is 0 Å². The molecule has 0 saturated carbocycles. The van der Waals surface area contributed by atoms with Gasteiger partial charge in [0, 0.05) is 18.0 Å².